The van der Waals surface area contributed by atoms with Gasteiger partial charge in [-0.2, -0.15) is 0 Å². The Labute approximate surface area is 136 Å². The van der Waals surface area contributed by atoms with Gasteiger partial charge < -0.3 is 11.1 Å². The summed E-state index contributed by atoms with van der Waals surface area (Å²) in [6.07, 6.45) is 5.82. The standard InChI is InChI=1S/C16H21ClN2OS/c17-13-7-5-12(6-8-13)11-19-15(20)16(14(18)21)9-3-1-2-4-10-16/h5-8H,1-4,9-11H2,(H2,18,21)(H,19,20). The highest BCUT2D eigenvalue weighted by Crippen LogP contribution is 2.35. The number of thiocarbonyl (C=S) groups is 1. The van der Waals surface area contributed by atoms with Crippen LogP contribution in [0.2, 0.25) is 5.02 Å². The molecule has 0 heterocycles. The molecule has 0 atom stereocenters. The molecule has 2 rings (SSSR count). The second-order valence-corrected chi connectivity index (χ2v) is 6.55. The van der Waals surface area contributed by atoms with E-state index in [1.807, 2.05) is 24.3 Å². The summed E-state index contributed by atoms with van der Waals surface area (Å²) in [5.41, 5.74) is 6.26. The summed E-state index contributed by atoms with van der Waals surface area (Å²) < 4.78 is 0. The Balaban J connectivity index is 2.05. The summed E-state index contributed by atoms with van der Waals surface area (Å²) in [5, 5.41) is 3.68. The van der Waals surface area contributed by atoms with Crippen LogP contribution in [0, 0.1) is 5.41 Å². The molecule has 21 heavy (non-hydrogen) atoms. The Hall–Kier alpha value is -1.13. The van der Waals surface area contributed by atoms with Crippen molar-refractivity contribution in [1.29, 1.82) is 0 Å². The van der Waals surface area contributed by atoms with Crippen molar-refractivity contribution >= 4 is 34.7 Å². The van der Waals surface area contributed by atoms with E-state index in [1.54, 1.807) is 0 Å². The zero-order valence-electron chi connectivity index (χ0n) is 12.0. The molecule has 0 aliphatic heterocycles. The maximum absolute atomic E-state index is 12.6. The summed E-state index contributed by atoms with van der Waals surface area (Å²) in [7, 11) is 0. The number of hydrogen-bond donors (Lipinski definition) is 2. The molecule has 1 amide bonds. The zero-order valence-corrected chi connectivity index (χ0v) is 13.6. The first-order valence-corrected chi connectivity index (χ1v) is 8.16. The normalized spacial score (nSPS) is 17.8. The number of rotatable bonds is 4. The molecule has 3 nitrogen and oxygen atoms in total. The van der Waals surface area contributed by atoms with Gasteiger partial charge in [-0.05, 0) is 30.5 Å². The monoisotopic (exact) mass is 324 g/mol. The van der Waals surface area contributed by atoms with Gasteiger partial charge in [-0.3, -0.25) is 4.79 Å². The van der Waals surface area contributed by atoms with E-state index in [0.29, 0.717) is 16.6 Å². The van der Waals surface area contributed by atoms with Crippen molar-refractivity contribution in [3.05, 3.63) is 34.9 Å². The summed E-state index contributed by atoms with van der Waals surface area (Å²) in [6, 6.07) is 7.45. The van der Waals surface area contributed by atoms with Crippen molar-refractivity contribution in [2.45, 2.75) is 45.1 Å². The van der Waals surface area contributed by atoms with Gasteiger partial charge in [0.15, 0.2) is 0 Å². The Morgan fingerprint density at radius 1 is 1.19 bits per heavy atom. The van der Waals surface area contributed by atoms with E-state index in [4.69, 9.17) is 29.6 Å². The molecular formula is C16H21ClN2OS. The maximum Gasteiger partial charge on any atom is 0.233 e. The minimum absolute atomic E-state index is 0.0353. The van der Waals surface area contributed by atoms with E-state index in [9.17, 15) is 4.79 Å². The summed E-state index contributed by atoms with van der Waals surface area (Å²) >= 11 is 11.1. The van der Waals surface area contributed by atoms with Gasteiger partial charge in [-0.25, -0.2) is 0 Å². The molecular weight excluding hydrogens is 304 g/mol. The lowest BCUT2D eigenvalue weighted by atomic mass is 9.79. The molecule has 1 aromatic carbocycles. The quantitative estimate of drug-likeness (QED) is 0.657. The van der Waals surface area contributed by atoms with Crippen molar-refractivity contribution in [2.75, 3.05) is 0 Å². The predicted octanol–water partition coefficient (Wildman–Crippen LogP) is 3.58. The van der Waals surface area contributed by atoms with Crippen LogP contribution in [-0.4, -0.2) is 10.9 Å². The molecule has 114 valence electrons. The molecule has 1 aliphatic carbocycles. The molecule has 0 radical (unpaired) electrons. The van der Waals surface area contributed by atoms with Gasteiger partial charge in [-0.15, -0.1) is 0 Å². The van der Waals surface area contributed by atoms with Crippen LogP contribution in [0.3, 0.4) is 0 Å². The number of benzene rings is 1. The average molecular weight is 325 g/mol. The zero-order chi connectivity index (χ0) is 15.3. The van der Waals surface area contributed by atoms with Gasteiger partial charge in [0, 0.05) is 11.6 Å². The van der Waals surface area contributed by atoms with Crippen molar-refractivity contribution in [3.63, 3.8) is 0 Å². The van der Waals surface area contributed by atoms with E-state index < -0.39 is 5.41 Å². The molecule has 0 aromatic heterocycles. The second-order valence-electron chi connectivity index (χ2n) is 5.67. The lowest BCUT2D eigenvalue weighted by Crippen LogP contribution is -2.48. The smallest absolute Gasteiger partial charge is 0.233 e. The number of halogens is 1. The summed E-state index contributed by atoms with van der Waals surface area (Å²) in [6.45, 7) is 0.473. The van der Waals surface area contributed by atoms with Crippen molar-refractivity contribution < 1.29 is 4.79 Å². The first-order valence-electron chi connectivity index (χ1n) is 7.37. The third-order valence-corrected chi connectivity index (χ3v) is 4.87. The molecule has 1 aromatic rings. The van der Waals surface area contributed by atoms with Gasteiger partial charge in [0.2, 0.25) is 5.91 Å². The molecule has 0 spiro atoms. The maximum atomic E-state index is 12.6. The lowest BCUT2D eigenvalue weighted by molar-refractivity contribution is -0.128. The predicted molar refractivity (Wildman–Crippen MR) is 90.2 cm³/mol. The molecule has 0 unspecified atom stereocenters. The molecule has 1 fully saturated rings. The average Bonchev–Trinajstić information content (AvgIpc) is 2.73. The van der Waals surface area contributed by atoms with Crippen LogP contribution >= 0.6 is 23.8 Å². The van der Waals surface area contributed by atoms with E-state index in [0.717, 1.165) is 44.1 Å². The first kappa shape index (κ1) is 16.2. The van der Waals surface area contributed by atoms with Crippen molar-refractivity contribution in [1.82, 2.24) is 5.32 Å². The number of amides is 1. The molecule has 3 N–H and O–H groups in total. The Morgan fingerprint density at radius 3 is 2.29 bits per heavy atom. The lowest BCUT2D eigenvalue weighted by Gasteiger charge is -2.30. The summed E-state index contributed by atoms with van der Waals surface area (Å²) in [4.78, 5) is 13.0. The number of nitrogens with two attached hydrogens (primary N) is 1. The van der Waals surface area contributed by atoms with Crippen LogP contribution in [0.25, 0.3) is 0 Å². The fourth-order valence-electron chi connectivity index (χ4n) is 2.87. The highest BCUT2D eigenvalue weighted by molar-refractivity contribution is 7.80. The molecule has 0 bridgehead atoms. The van der Waals surface area contributed by atoms with Crippen LogP contribution < -0.4 is 11.1 Å². The van der Waals surface area contributed by atoms with Crippen LogP contribution in [0.1, 0.15) is 44.1 Å². The minimum atomic E-state index is -0.668. The number of carbonyl (C=O) groups is 1. The van der Waals surface area contributed by atoms with Crippen LogP contribution in [0.4, 0.5) is 0 Å². The van der Waals surface area contributed by atoms with E-state index in [2.05, 4.69) is 5.32 Å². The topological polar surface area (TPSA) is 55.1 Å². The van der Waals surface area contributed by atoms with Crippen molar-refractivity contribution in [3.8, 4) is 0 Å². The number of carbonyl (C=O) groups excluding carboxylic acids is 1. The van der Waals surface area contributed by atoms with E-state index in [1.165, 1.54) is 0 Å². The summed E-state index contributed by atoms with van der Waals surface area (Å²) in [5.74, 6) is -0.0353. The highest BCUT2D eigenvalue weighted by Gasteiger charge is 2.41. The van der Waals surface area contributed by atoms with E-state index in [-0.39, 0.29) is 5.91 Å². The minimum Gasteiger partial charge on any atom is -0.392 e. The van der Waals surface area contributed by atoms with Crippen LogP contribution in [-0.2, 0) is 11.3 Å². The third kappa shape index (κ3) is 3.95. The SMILES string of the molecule is NC(=S)C1(C(=O)NCc2ccc(Cl)cc2)CCCCCC1. The van der Waals surface area contributed by atoms with Gasteiger partial charge in [-0.1, -0.05) is 61.6 Å². The molecule has 0 saturated heterocycles. The molecule has 1 saturated carbocycles. The first-order chi connectivity index (χ1) is 10.0. The second kappa shape index (κ2) is 7.23. The highest BCUT2D eigenvalue weighted by atomic mass is 35.5. The Morgan fingerprint density at radius 2 is 1.76 bits per heavy atom. The Kier molecular flexibility index (Phi) is 5.59. The number of hydrogen-bond acceptors (Lipinski definition) is 2. The largest absolute Gasteiger partial charge is 0.392 e. The number of nitrogens with one attached hydrogen (secondary N) is 1. The Bertz CT molecular complexity index is 508. The molecule has 5 heteroatoms. The fraction of sp³-hybridized carbons (Fsp3) is 0.500. The molecule has 1 aliphatic rings. The van der Waals surface area contributed by atoms with Crippen molar-refractivity contribution in [2.24, 2.45) is 11.1 Å². The third-order valence-electron chi connectivity index (χ3n) is 4.23. The van der Waals surface area contributed by atoms with E-state index >= 15 is 0 Å². The van der Waals surface area contributed by atoms with Gasteiger partial charge in [0.25, 0.3) is 0 Å². The van der Waals surface area contributed by atoms with Gasteiger partial charge in [0.05, 0.1) is 10.4 Å². The fourth-order valence-corrected chi connectivity index (χ4v) is 3.29. The van der Waals surface area contributed by atoms with Gasteiger partial charge >= 0.3 is 0 Å². The van der Waals surface area contributed by atoms with Crippen LogP contribution in [0.5, 0.6) is 0 Å². The van der Waals surface area contributed by atoms with Crippen LogP contribution in [0.15, 0.2) is 24.3 Å². The van der Waals surface area contributed by atoms with Gasteiger partial charge in [0.1, 0.15) is 0 Å².